The van der Waals surface area contributed by atoms with E-state index in [-0.39, 0.29) is 11.9 Å². The first kappa shape index (κ1) is 12.6. The van der Waals surface area contributed by atoms with E-state index < -0.39 is 0 Å². The van der Waals surface area contributed by atoms with Crippen molar-refractivity contribution >= 4 is 15.9 Å². The molecule has 5 heteroatoms. The monoisotopic (exact) mass is 276 g/mol. The van der Waals surface area contributed by atoms with E-state index in [4.69, 9.17) is 10.6 Å². The number of methoxy groups -OCH3 is 1. The molecule has 1 atom stereocenters. The van der Waals surface area contributed by atoms with E-state index in [9.17, 15) is 4.39 Å². The number of hydrogen-bond acceptors (Lipinski definition) is 3. The molecule has 15 heavy (non-hydrogen) atoms. The van der Waals surface area contributed by atoms with Crippen LogP contribution in [0.1, 0.15) is 5.56 Å². The number of ether oxygens (including phenoxy) is 1. The van der Waals surface area contributed by atoms with Crippen molar-refractivity contribution in [2.75, 3.05) is 13.7 Å². The van der Waals surface area contributed by atoms with E-state index >= 15 is 0 Å². The molecule has 0 radical (unpaired) electrons. The molecule has 0 amide bonds. The predicted molar refractivity (Wildman–Crippen MR) is 60.8 cm³/mol. The summed E-state index contributed by atoms with van der Waals surface area (Å²) in [6.45, 7) is 0.450. The Morgan fingerprint density at radius 1 is 1.60 bits per heavy atom. The molecule has 3 nitrogen and oxygen atoms in total. The summed E-state index contributed by atoms with van der Waals surface area (Å²) < 4.78 is 19.1. The quantitative estimate of drug-likeness (QED) is 0.635. The molecule has 0 saturated carbocycles. The minimum absolute atomic E-state index is 0.0781. The van der Waals surface area contributed by atoms with Crippen LogP contribution in [0.4, 0.5) is 4.39 Å². The molecule has 0 fully saturated rings. The van der Waals surface area contributed by atoms with Gasteiger partial charge in [-0.1, -0.05) is 22.0 Å². The van der Waals surface area contributed by atoms with Crippen LogP contribution in [-0.2, 0) is 11.2 Å². The summed E-state index contributed by atoms with van der Waals surface area (Å²) in [5.41, 5.74) is 3.21. The number of hydrogen-bond donors (Lipinski definition) is 2. The average molecular weight is 277 g/mol. The Balaban J connectivity index is 2.70. The molecule has 0 heterocycles. The van der Waals surface area contributed by atoms with E-state index in [1.54, 1.807) is 19.2 Å². The first-order chi connectivity index (χ1) is 7.17. The first-order valence-electron chi connectivity index (χ1n) is 4.56. The standard InChI is InChI=1S/C10H14BrFN2O/c1-15-6-9(14-13)4-7-2-3-8(11)5-10(7)12/h2-3,5,9,14H,4,6,13H2,1H3. The van der Waals surface area contributed by atoms with E-state index in [0.29, 0.717) is 18.6 Å². The van der Waals surface area contributed by atoms with Gasteiger partial charge in [-0.15, -0.1) is 0 Å². The van der Waals surface area contributed by atoms with Crippen molar-refractivity contribution in [3.63, 3.8) is 0 Å². The van der Waals surface area contributed by atoms with E-state index in [1.807, 2.05) is 0 Å². The average Bonchev–Trinajstić information content (AvgIpc) is 2.21. The summed E-state index contributed by atoms with van der Waals surface area (Å²) >= 11 is 3.21. The lowest BCUT2D eigenvalue weighted by atomic mass is 10.1. The van der Waals surface area contributed by atoms with E-state index in [0.717, 1.165) is 4.47 Å². The second kappa shape index (κ2) is 6.17. The van der Waals surface area contributed by atoms with Gasteiger partial charge in [0.15, 0.2) is 0 Å². The molecule has 1 rings (SSSR count). The van der Waals surface area contributed by atoms with Gasteiger partial charge in [0, 0.05) is 17.6 Å². The highest BCUT2D eigenvalue weighted by molar-refractivity contribution is 9.10. The summed E-state index contributed by atoms with van der Waals surface area (Å²) in [6, 6.07) is 4.90. The Labute approximate surface area is 96.9 Å². The minimum atomic E-state index is -0.235. The number of benzene rings is 1. The Morgan fingerprint density at radius 3 is 2.87 bits per heavy atom. The van der Waals surface area contributed by atoms with Gasteiger partial charge in [-0.25, -0.2) is 4.39 Å². The van der Waals surface area contributed by atoms with Crippen LogP contribution in [0.5, 0.6) is 0 Å². The molecule has 84 valence electrons. The third-order valence-electron chi connectivity index (χ3n) is 2.08. The third kappa shape index (κ3) is 3.87. The highest BCUT2D eigenvalue weighted by Gasteiger charge is 2.10. The lowest BCUT2D eigenvalue weighted by molar-refractivity contribution is 0.166. The van der Waals surface area contributed by atoms with Crippen LogP contribution in [0.15, 0.2) is 22.7 Å². The van der Waals surface area contributed by atoms with Gasteiger partial charge in [-0.2, -0.15) is 0 Å². The van der Waals surface area contributed by atoms with Gasteiger partial charge in [-0.3, -0.25) is 11.3 Å². The zero-order valence-corrected chi connectivity index (χ0v) is 10.1. The third-order valence-corrected chi connectivity index (χ3v) is 2.58. The maximum Gasteiger partial charge on any atom is 0.127 e. The molecule has 3 N–H and O–H groups in total. The van der Waals surface area contributed by atoms with Crippen LogP contribution in [0.2, 0.25) is 0 Å². The molecular formula is C10H14BrFN2O. The fourth-order valence-electron chi connectivity index (χ4n) is 1.32. The number of hydrazine groups is 1. The van der Waals surface area contributed by atoms with Gasteiger partial charge in [0.2, 0.25) is 0 Å². The summed E-state index contributed by atoms with van der Waals surface area (Å²) in [6.07, 6.45) is 0.503. The maximum absolute atomic E-state index is 13.4. The zero-order chi connectivity index (χ0) is 11.3. The fourth-order valence-corrected chi connectivity index (χ4v) is 1.65. The van der Waals surface area contributed by atoms with Crippen molar-refractivity contribution < 1.29 is 9.13 Å². The molecule has 0 aromatic heterocycles. The van der Waals surface area contributed by atoms with Crippen LogP contribution in [0, 0.1) is 5.82 Å². The minimum Gasteiger partial charge on any atom is -0.383 e. The summed E-state index contributed by atoms with van der Waals surface area (Å²) in [4.78, 5) is 0. The van der Waals surface area contributed by atoms with Crippen molar-refractivity contribution in [2.24, 2.45) is 5.84 Å². The van der Waals surface area contributed by atoms with Crippen LogP contribution in [0.25, 0.3) is 0 Å². The summed E-state index contributed by atoms with van der Waals surface area (Å²) in [5, 5.41) is 0. The van der Waals surface area contributed by atoms with E-state index in [2.05, 4.69) is 21.4 Å². The Bertz CT molecular complexity index is 322. The van der Waals surface area contributed by atoms with Crippen molar-refractivity contribution in [3.8, 4) is 0 Å². The Hall–Kier alpha value is -0.490. The molecule has 0 bridgehead atoms. The molecular weight excluding hydrogens is 263 g/mol. The molecule has 1 unspecified atom stereocenters. The van der Waals surface area contributed by atoms with Gasteiger partial charge in [-0.05, 0) is 24.1 Å². The number of halogens is 2. The molecule has 0 saturated heterocycles. The molecule has 1 aromatic rings. The van der Waals surface area contributed by atoms with Gasteiger partial charge in [0.25, 0.3) is 0 Å². The first-order valence-corrected chi connectivity index (χ1v) is 5.35. The van der Waals surface area contributed by atoms with Crippen molar-refractivity contribution in [1.29, 1.82) is 0 Å². The van der Waals surface area contributed by atoms with Crippen molar-refractivity contribution in [1.82, 2.24) is 5.43 Å². The van der Waals surface area contributed by atoms with Crippen molar-refractivity contribution in [3.05, 3.63) is 34.1 Å². The fraction of sp³-hybridized carbons (Fsp3) is 0.400. The van der Waals surface area contributed by atoms with Gasteiger partial charge >= 0.3 is 0 Å². The van der Waals surface area contributed by atoms with Crippen LogP contribution < -0.4 is 11.3 Å². The molecule has 0 aliphatic carbocycles. The van der Waals surface area contributed by atoms with Crippen LogP contribution in [-0.4, -0.2) is 19.8 Å². The second-order valence-corrected chi connectivity index (χ2v) is 4.17. The number of nitrogens with one attached hydrogen (secondary N) is 1. The maximum atomic E-state index is 13.4. The van der Waals surface area contributed by atoms with Gasteiger partial charge < -0.3 is 4.74 Å². The second-order valence-electron chi connectivity index (χ2n) is 3.26. The zero-order valence-electron chi connectivity index (χ0n) is 8.47. The highest BCUT2D eigenvalue weighted by Crippen LogP contribution is 2.16. The SMILES string of the molecule is COCC(Cc1ccc(Br)cc1F)NN. The summed E-state index contributed by atoms with van der Waals surface area (Å²) in [5.74, 6) is 5.09. The molecule has 0 spiro atoms. The van der Waals surface area contributed by atoms with Gasteiger partial charge in [0.1, 0.15) is 5.82 Å². The van der Waals surface area contributed by atoms with E-state index in [1.165, 1.54) is 6.07 Å². The summed E-state index contributed by atoms with van der Waals surface area (Å²) in [7, 11) is 1.59. The Morgan fingerprint density at radius 2 is 2.33 bits per heavy atom. The molecule has 0 aliphatic heterocycles. The van der Waals surface area contributed by atoms with Crippen LogP contribution in [0.3, 0.4) is 0 Å². The predicted octanol–water partition coefficient (Wildman–Crippen LogP) is 1.61. The van der Waals surface area contributed by atoms with Crippen molar-refractivity contribution in [2.45, 2.75) is 12.5 Å². The highest BCUT2D eigenvalue weighted by atomic mass is 79.9. The number of nitrogens with two attached hydrogens (primary N) is 1. The molecule has 0 aliphatic rings. The number of rotatable bonds is 5. The van der Waals surface area contributed by atoms with Gasteiger partial charge in [0.05, 0.1) is 6.61 Å². The lowest BCUT2D eigenvalue weighted by Crippen LogP contribution is -2.40. The topological polar surface area (TPSA) is 47.3 Å². The van der Waals surface area contributed by atoms with Crippen LogP contribution >= 0.6 is 15.9 Å². The Kier molecular flexibility index (Phi) is 5.17. The lowest BCUT2D eigenvalue weighted by Gasteiger charge is -2.15. The molecule has 1 aromatic carbocycles. The normalized spacial score (nSPS) is 12.8. The largest absolute Gasteiger partial charge is 0.383 e. The smallest absolute Gasteiger partial charge is 0.127 e.